The molecule has 0 radical (unpaired) electrons. The number of hydrogen-bond donors (Lipinski definition) is 0. The van der Waals surface area contributed by atoms with Crippen molar-refractivity contribution < 1.29 is 9.18 Å². The summed E-state index contributed by atoms with van der Waals surface area (Å²) in [6, 6.07) is 7.11. The molecule has 1 aromatic rings. The topological polar surface area (TPSA) is 26.8 Å². The first-order valence-corrected chi connectivity index (χ1v) is 9.10. The van der Waals surface area contributed by atoms with Crippen LogP contribution in [0, 0.1) is 11.7 Å². The number of carbonyl (C=O) groups is 1. The Hall–Kier alpha value is -1.72. The van der Waals surface area contributed by atoms with E-state index in [1.807, 2.05) is 14.1 Å². The van der Waals surface area contributed by atoms with Gasteiger partial charge in [0.05, 0.1) is 6.54 Å². The largest absolute Gasteiger partial charge is 0.348 e. The first-order chi connectivity index (χ1) is 12.0. The van der Waals surface area contributed by atoms with Crippen LogP contribution in [0.15, 0.2) is 30.3 Å². The van der Waals surface area contributed by atoms with Gasteiger partial charge in [-0.15, -0.1) is 0 Å². The van der Waals surface area contributed by atoms with Crippen LogP contribution in [0.4, 0.5) is 4.39 Å². The van der Waals surface area contributed by atoms with Crippen molar-refractivity contribution in [1.82, 2.24) is 14.7 Å². The van der Waals surface area contributed by atoms with Crippen LogP contribution in [0.25, 0.3) is 6.08 Å². The Morgan fingerprint density at radius 2 is 1.96 bits per heavy atom. The molecule has 0 spiro atoms. The average Bonchev–Trinajstić information content (AvgIpc) is 2.87. The maximum Gasteiger partial charge on any atom is 0.236 e. The fourth-order valence-corrected chi connectivity index (χ4v) is 3.86. The second kappa shape index (κ2) is 8.11. The Bertz CT molecular complexity index is 614. The van der Waals surface area contributed by atoms with Gasteiger partial charge >= 0.3 is 0 Å². The van der Waals surface area contributed by atoms with E-state index in [4.69, 9.17) is 0 Å². The highest BCUT2D eigenvalue weighted by molar-refractivity contribution is 5.77. The highest BCUT2D eigenvalue weighted by Crippen LogP contribution is 2.27. The second-order valence-electron chi connectivity index (χ2n) is 7.49. The number of likely N-dealkylation sites (N-methyl/N-ethyl adjacent to an activating group) is 1. The fourth-order valence-electron chi connectivity index (χ4n) is 3.86. The van der Waals surface area contributed by atoms with Crippen LogP contribution in [-0.4, -0.2) is 73.5 Å². The van der Waals surface area contributed by atoms with Gasteiger partial charge in [0.25, 0.3) is 0 Å². The molecular formula is C20H28FN3O. The van der Waals surface area contributed by atoms with Crippen molar-refractivity contribution in [3.8, 4) is 0 Å². The summed E-state index contributed by atoms with van der Waals surface area (Å²) in [7, 11) is 3.64. The van der Waals surface area contributed by atoms with Gasteiger partial charge in [0, 0.05) is 46.3 Å². The molecule has 0 N–H and O–H groups in total. The Morgan fingerprint density at radius 1 is 1.20 bits per heavy atom. The third-order valence-electron chi connectivity index (χ3n) is 5.28. The normalized spacial score (nSPS) is 24.6. The molecule has 1 amide bonds. The van der Waals surface area contributed by atoms with Crippen molar-refractivity contribution in [2.24, 2.45) is 5.92 Å². The molecule has 25 heavy (non-hydrogen) atoms. The quantitative estimate of drug-likeness (QED) is 0.819. The molecule has 1 aromatic carbocycles. The van der Waals surface area contributed by atoms with E-state index in [1.165, 1.54) is 25.0 Å². The standard InChI is InChI=1S/C20H28FN3O/c1-22(2)20(25)15-23-12-17-7-10-19(14-23)24(13-17)11-3-4-16-5-8-18(21)9-6-16/h3-6,8-9,17,19H,7,10-15H2,1-2H3/b4-3+/t17-,19+/m0/s1. The van der Waals surface area contributed by atoms with Crippen molar-refractivity contribution in [1.29, 1.82) is 0 Å². The molecule has 5 heteroatoms. The molecule has 4 rings (SSSR count). The number of carbonyl (C=O) groups excluding carboxylic acids is 1. The third kappa shape index (κ3) is 4.89. The number of halogens is 1. The molecule has 3 aliphatic heterocycles. The van der Waals surface area contributed by atoms with Crippen LogP contribution in [0.1, 0.15) is 18.4 Å². The SMILES string of the molecule is CN(C)C(=O)CN1C[C@@H]2CC[C@H](C1)N(C/C=C/c1ccc(F)cc1)C2. The first kappa shape index (κ1) is 18.1. The number of amides is 1. The highest BCUT2D eigenvalue weighted by Gasteiger charge is 2.34. The molecule has 2 bridgehead atoms. The van der Waals surface area contributed by atoms with Crippen LogP contribution < -0.4 is 0 Å². The van der Waals surface area contributed by atoms with E-state index in [-0.39, 0.29) is 11.7 Å². The van der Waals surface area contributed by atoms with Crippen molar-refractivity contribution in [2.45, 2.75) is 18.9 Å². The lowest BCUT2D eigenvalue weighted by molar-refractivity contribution is -0.129. The highest BCUT2D eigenvalue weighted by atomic mass is 19.1. The van der Waals surface area contributed by atoms with Gasteiger partial charge < -0.3 is 4.90 Å². The molecule has 2 atom stereocenters. The average molecular weight is 345 g/mol. The van der Waals surface area contributed by atoms with Gasteiger partial charge in [-0.3, -0.25) is 14.6 Å². The van der Waals surface area contributed by atoms with Crippen LogP contribution in [0.5, 0.6) is 0 Å². The first-order valence-electron chi connectivity index (χ1n) is 9.10. The van der Waals surface area contributed by atoms with Crippen molar-refractivity contribution in [3.05, 3.63) is 41.7 Å². The van der Waals surface area contributed by atoms with Gasteiger partial charge in [-0.25, -0.2) is 4.39 Å². The summed E-state index contributed by atoms with van der Waals surface area (Å²) in [4.78, 5) is 18.6. The molecule has 0 saturated carbocycles. The van der Waals surface area contributed by atoms with Crippen LogP contribution in [0.2, 0.25) is 0 Å². The summed E-state index contributed by atoms with van der Waals surface area (Å²) < 4.78 is 13.0. The monoisotopic (exact) mass is 345 g/mol. The van der Waals surface area contributed by atoms with E-state index >= 15 is 0 Å². The lowest BCUT2D eigenvalue weighted by atomic mass is 9.95. The molecule has 136 valence electrons. The minimum atomic E-state index is -0.200. The molecular weight excluding hydrogens is 317 g/mol. The molecule has 3 heterocycles. The lowest BCUT2D eigenvalue weighted by Gasteiger charge is -2.35. The number of benzene rings is 1. The minimum absolute atomic E-state index is 0.184. The zero-order chi connectivity index (χ0) is 17.8. The lowest BCUT2D eigenvalue weighted by Crippen LogP contribution is -2.44. The number of fused-ring (bicyclic) bond motifs is 4. The van der Waals surface area contributed by atoms with E-state index in [0.29, 0.717) is 18.5 Å². The zero-order valence-corrected chi connectivity index (χ0v) is 15.2. The maximum absolute atomic E-state index is 13.0. The maximum atomic E-state index is 13.0. The fraction of sp³-hybridized carbons (Fsp3) is 0.550. The summed E-state index contributed by atoms with van der Waals surface area (Å²) in [6.45, 7) is 4.53. The Labute approximate surface area is 149 Å². The minimum Gasteiger partial charge on any atom is -0.348 e. The van der Waals surface area contributed by atoms with Gasteiger partial charge in [0.2, 0.25) is 5.91 Å². The van der Waals surface area contributed by atoms with Gasteiger partial charge in [0.15, 0.2) is 0 Å². The van der Waals surface area contributed by atoms with E-state index in [0.717, 1.165) is 31.7 Å². The van der Waals surface area contributed by atoms with E-state index in [9.17, 15) is 9.18 Å². The van der Waals surface area contributed by atoms with Crippen LogP contribution in [0.3, 0.4) is 0 Å². The molecule has 3 fully saturated rings. The molecule has 3 saturated heterocycles. The molecule has 0 aliphatic carbocycles. The van der Waals surface area contributed by atoms with Gasteiger partial charge in [0.1, 0.15) is 5.82 Å². The number of rotatable bonds is 5. The van der Waals surface area contributed by atoms with Crippen molar-refractivity contribution in [3.63, 3.8) is 0 Å². The molecule has 0 aromatic heterocycles. The predicted octanol–water partition coefficient (Wildman–Crippen LogP) is 2.32. The van der Waals surface area contributed by atoms with E-state index in [1.54, 1.807) is 17.0 Å². The summed E-state index contributed by atoms with van der Waals surface area (Å²) in [5, 5.41) is 0. The summed E-state index contributed by atoms with van der Waals surface area (Å²) in [5.74, 6) is 0.631. The molecule has 4 nitrogen and oxygen atoms in total. The second-order valence-corrected chi connectivity index (χ2v) is 7.49. The van der Waals surface area contributed by atoms with Crippen molar-refractivity contribution >= 4 is 12.0 Å². The Balaban J connectivity index is 1.57. The smallest absolute Gasteiger partial charge is 0.236 e. The van der Waals surface area contributed by atoms with Gasteiger partial charge in [-0.1, -0.05) is 24.3 Å². The summed E-state index contributed by atoms with van der Waals surface area (Å²) in [5.41, 5.74) is 1.03. The van der Waals surface area contributed by atoms with Gasteiger partial charge in [-0.05, 0) is 36.5 Å². The molecule has 0 unspecified atom stereocenters. The summed E-state index contributed by atoms with van der Waals surface area (Å²) in [6.07, 6.45) is 6.70. The van der Waals surface area contributed by atoms with E-state index < -0.39 is 0 Å². The Kier molecular flexibility index (Phi) is 5.86. The van der Waals surface area contributed by atoms with Crippen LogP contribution >= 0.6 is 0 Å². The van der Waals surface area contributed by atoms with Crippen molar-refractivity contribution in [2.75, 3.05) is 46.8 Å². The summed E-state index contributed by atoms with van der Waals surface area (Å²) >= 11 is 0. The van der Waals surface area contributed by atoms with Gasteiger partial charge in [-0.2, -0.15) is 0 Å². The van der Waals surface area contributed by atoms with E-state index in [2.05, 4.69) is 22.0 Å². The Morgan fingerprint density at radius 3 is 2.68 bits per heavy atom. The number of nitrogens with zero attached hydrogens (tertiary/aromatic N) is 3. The van der Waals surface area contributed by atoms with Crippen LogP contribution in [-0.2, 0) is 4.79 Å². The number of piperidine rings is 1. The zero-order valence-electron chi connectivity index (χ0n) is 15.2. The molecule has 3 aliphatic rings. The third-order valence-corrected chi connectivity index (χ3v) is 5.28. The predicted molar refractivity (Wildman–Crippen MR) is 98.7 cm³/mol. The number of hydrogen-bond acceptors (Lipinski definition) is 3.